The van der Waals surface area contributed by atoms with Gasteiger partial charge in [0.15, 0.2) is 5.65 Å². The zero-order valence-corrected chi connectivity index (χ0v) is 17.3. The second kappa shape index (κ2) is 6.67. The summed E-state index contributed by atoms with van der Waals surface area (Å²) in [5, 5.41) is 0.588. The van der Waals surface area contributed by atoms with Crippen LogP contribution in [0.1, 0.15) is 55.7 Å². The van der Waals surface area contributed by atoms with Gasteiger partial charge in [-0.2, -0.15) is 0 Å². The summed E-state index contributed by atoms with van der Waals surface area (Å²) in [7, 11) is 0. The molecule has 1 amide bonds. The molecule has 0 unspecified atom stereocenters. The van der Waals surface area contributed by atoms with E-state index in [-0.39, 0.29) is 17.6 Å². The maximum Gasteiger partial charge on any atom is 0.414 e. The number of aryl methyl sites for hydroxylation is 1. The van der Waals surface area contributed by atoms with Crippen molar-refractivity contribution in [3.63, 3.8) is 0 Å². The minimum Gasteiger partial charge on any atom is -0.446 e. The van der Waals surface area contributed by atoms with Gasteiger partial charge in [-0.15, -0.1) is 0 Å². The Morgan fingerprint density at radius 1 is 1.23 bits per heavy atom. The summed E-state index contributed by atoms with van der Waals surface area (Å²) in [6.45, 7) is 0.681. The summed E-state index contributed by atoms with van der Waals surface area (Å²) < 4.78 is 5.53. The predicted molar refractivity (Wildman–Crippen MR) is 113 cm³/mol. The third-order valence-corrected chi connectivity index (χ3v) is 6.71. The first-order valence-electron chi connectivity index (χ1n) is 10.6. The minimum absolute atomic E-state index is 0.101. The Bertz CT molecular complexity index is 1150. The number of ether oxygens (including phenoxy) is 1. The summed E-state index contributed by atoms with van der Waals surface area (Å²) in [5.41, 5.74) is 4.13. The van der Waals surface area contributed by atoms with Crippen LogP contribution in [0, 0.1) is 0 Å². The number of aromatic nitrogens is 4. The fourth-order valence-corrected chi connectivity index (χ4v) is 4.70. The third-order valence-electron chi connectivity index (χ3n) is 6.50. The molecule has 3 aliphatic rings. The number of imidazole rings is 1. The van der Waals surface area contributed by atoms with E-state index in [0.717, 1.165) is 73.4 Å². The van der Waals surface area contributed by atoms with E-state index < -0.39 is 0 Å². The number of hydrogen-bond acceptors (Lipinski definition) is 5. The smallest absolute Gasteiger partial charge is 0.414 e. The molecule has 3 aromatic rings. The maximum atomic E-state index is 12.6. The average Bonchev–Trinajstić information content (AvgIpc) is 3.43. The molecule has 4 heterocycles. The minimum atomic E-state index is -0.244. The van der Waals surface area contributed by atoms with E-state index in [4.69, 9.17) is 26.3 Å². The monoisotopic (exact) mass is 423 g/mol. The van der Waals surface area contributed by atoms with Gasteiger partial charge in [-0.05, 0) is 56.7 Å². The van der Waals surface area contributed by atoms with Crippen LogP contribution in [0.4, 0.5) is 10.5 Å². The van der Waals surface area contributed by atoms with Crippen molar-refractivity contribution < 1.29 is 9.53 Å². The lowest BCUT2D eigenvalue weighted by Crippen LogP contribution is -2.40. The first-order chi connectivity index (χ1) is 14.6. The molecule has 0 spiro atoms. The third kappa shape index (κ3) is 2.87. The van der Waals surface area contributed by atoms with Crippen LogP contribution in [0.25, 0.3) is 11.2 Å². The Kier molecular flexibility index (Phi) is 4.03. The molecule has 7 nitrogen and oxygen atoms in total. The summed E-state index contributed by atoms with van der Waals surface area (Å²) in [6.07, 6.45) is 8.29. The van der Waals surface area contributed by atoms with E-state index in [2.05, 4.69) is 9.97 Å². The number of H-pyrrole nitrogens is 1. The number of nitrogens with one attached hydrogen (secondary N) is 1. The molecular formula is C22H22ClN5O2. The first kappa shape index (κ1) is 18.1. The number of fused-ring (bicyclic) bond motifs is 2. The summed E-state index contributed by atoms with van der Waals surface area (Å²) in [5.74, 6) is 0.895. The largest absolute Gasteiger partial charge is 0.446 e. The zero-order chi connectivity index (χ0) is 20.3. The Labute approximate surface area is 178 Å². The van der Waals surface area contributed by atoms with Gasteiger partial charge >= 0.3 is 6.09 Å². The van der Waals surface area contributed by atoms with E-state index in [0.29, 0.717) is 17.2 Å². The second-order valence-corrected chi connectivity index (χ2v) is 8.98. The Balaban J connectivity index is 1.37. The first-order valence-corrected chi connectivity index (χ1v) is 11.0. The summed E-state index contributed by atoms with van der Waals surface area (Å²) >= 11 is 6.10. The molecule has 0 saturated heterocycles. The molecule has 1 aliphatic heterocycles. The number of hydrogen-bond donors (Lipinski definition) is 1. The summed E-state index contributed by atoms with van der Waals surface area (Å²) in [4.78, 5) is 31.9. The van der Waals surface area contributed by atoms with Crippen LogP contribution in [0.5, 0.6) is 0 Å². The maximum absolute atomic E-state index is 12.6. The van der Waals surface area contributed by atoms with E-state index in [1.165, 1.54) is 0 Å². The normalized spacial score (nSPS) is 20.0. The Morgan fingerprint density at radius 3 is 2.87 bits per heavy atom. The number of anilines is 1. The van der Waals surface area contributed by atoms with Gasteiger partial charge in [0.2, 0.25) is 0 Å². The molecule has 2 fully saturated rings. The number of pyridine rings is 2. The average molecular weight is 424 g/mol. The zero-order valence-electron chi connectivity index (χ0n) is 16.5. The molecule has 0 aromatic carbocycles. The molecule has 3 aromatic heterocycles. The van der Waals surface area contributed by atoms with Gasteiger partial charge < -0.3 is 9.72 Å². The fraction of sp³-hybridized carbons (Fsp3) is 0.455. The lowest BCUT2D eigenvalue weighted by Gasteiger charge is -2.40. The standard InChI is InChI=1S/C22H22ClN5O2/c23-13-11-16-19(24-12-13)27-20(26-16)22(8-2-9-22)18-7-6-17-15(25-18)3-1-10-28(17)21(29)30-14-4-5-14/h6-7,11-12,14H,1-5,8-10H2,(H,24,26,27). The van der Waals surface area contributed by atoms with Crippen molar-refractivity contribution in [2.45, 2.75) is 56.5 Å². The molecule has 6 rings (SSSR count). The van der Waals surface area contributed by atoms with Crippen LogP contribution >= 0.6 is 11.6 Å². The Hall–Kier alpha value is -2.67. The van der Waals surface area contributed by atoms with Crippen molar-refractivity contribution >= 4 is 34.5 Å². The van der Waals surface area contributed by atoms with E-state index in [9.17, 15) is 4.79 Å². The predicted octanol–water partition coefficient (Wildman–Crippen LogP) is 4.53. The van der Waals surface area contributed by atoms with Crippen LogP contribution in [0.15, 0.2) is 24.4 Å². The molecule has 0 bridgehead atoms. The van der Waals surface area contributed by atoms with Crippen molar-refractivity contribution in [1.82, 2.24) is 19.9 Å². The number of nitrogens with zero attached hydrogens (tertiary/aromatic N) is 4. The van der Waals surface area contributed by atoms with Gasteiger partial charge in [0.25, 0.3) is 0 Å². The molecule has 30 heavy (non-hydrogen) atoms. The quantitative estimate of drug-likeness (QED) is 0.669. The van der Waals surface area contributed by atoms with Gasteiger partial charge in [-0.25, -0.2) is 14.8 Å². The molecule has 154 valence electrons. The van der Waals surface area contributed by atoms with Crippen molar-refractivity contribution in [1.29, 1.82) is 0 Å². The molecule has 2 aliphatic carbocycles. The lowest BCUT2D eigenvalue weighted by molar-refractivity contribution is 0.146. The highest BCUT2D eigenvalue weighted by Crippen LogP contribution is 2.48. The van der Waals surface area contributed by atoms with Gasteiger partial charge in [-0.3, -0.25) is 9.88 Å². The number of carbonyl (C=O) groups excluding carboxylic acids is 1. The van der Waals surface area contributed by atoms with E-state index in [1.54, 1.807) is 11.1 Å². The van der Waals surface area contributed by atoms with Crippen LogP contribution in [-0.4, -0.2) is 38.7 Å². The molecule has 1 N–H and O–H groups in total. The van der Waals surface area contributed by atoms with E-state index in [1.807, 2.05) is 18.2 Å². The second-order valence-electron chi connectivity index (χ2n) is 8.55. The number of rotatable bonds is 3. The highest BCUT2D eigenvalue weighted by atomic mass is 35.5. The van der Waals surface area contributed by atoms with Crippen LogP contribution < -0.4 is 4.90 Å². The van der Waals surface area contributed by atoms with Crippen molar-refractivity contribution in [2.24, 2.45) is 0 Å². The van der Waals surface area contributed by atoms with Crippen LogP contribution in [0.2, 0.25) is 5.02 Å². The molecule has 0 radical (unpaired) electrons. The fourth-order valence-electron chi connectivity index (χ4n) is 4.54. The number of halogens is 1. The lowest BCUT2D eigenvalue weighted by atomic mass is 9.65. The van der Waals surface area contributed by atoms with Gasteiger partial charge in [0, 0.05) is 12.7 Å². The van der Waals surface area contributed by atoms with Crippen LogP contribution in [0.3, 0.4) is 0 Å². The molecule has 0 atom stereocenters. The van der Waals surface area contributed by atoms with Gasteiger partial charge in [0.05, 0.1) is 33.0 Å². The SMILES string of the molecule is O=C(OC1CC1)N1CCCc2nc(C3(c4nc5ncc(Cl)cc5[nH]4)CCC3)ccc21. The number of carbonyl (C=O) groups is 1. The van der Waals surface area contributed by atoms with Crippen LogP contribution in [-0.2, 0) is 16.6 Å². The highest BCUT2D eigenvalue weighted by Gasteiger charge is 2.45. The van der Waals surface area contributed by atoms with Crippen molar-refractivity contribution in [3.05, 3.63) is 46.6 Å². The Morgan fingerprint density at radius 2 is 2.10 bits per heavy atom. The number of amides is 1. The molecule has 2 saturated carbocycles. The topological polar surface area (TPSA) is 84.0 Å². The summed E-state index contributed by atoms with van der Waals surface area (Å²) in [6, 6.07) is 5.94. The van der Waals surface area contributed by atoms with E-state index >= 15 is 0 Å². The van der Waals surface area contributed by atoms with Crippen molar-refractivity contribution in [3.8, 4) is 0 Å². The molecular weight excluding hydrogens is 402 g/mol. The van der Waals surface area contributed by atoms with Crippen molar-refractivity contribution in [2.75, 3.05) is 11.4 Å². The van der Waals surface area contributed by atoms with Gasteiger partial charge in [-0.1, -0.05) is 18.0 Å². The number of aromatic amines is 1. The molecule has 8 heteroatoms. The highest BCUT2D eigenvalue weighted by molar-refractivity contribution is 6.31. The van der Waals surface area contributed by atoms with Gasteiger partial charge in [0.1, 0.15) is 11.9 Å².